The standard InChI is InChI=1S/C7H5ClO2S.C3H5O2.Y/c8-5-3-4(7(9)10)1-2-6(5)11;1-2-5-3-4;/h1-3,11H,(H,9,10);2H2,1H3;/q;-1;/p-1. The van der Waals surface area contributed by atoms with Gasteiger partial charge in [0.1, 0.15) is 0 Å². The van der Waals surface area contributed by atoms with Gasteiger partial charge in [0.2, 0.25) is 0 Å². The number of carboxylic acids is 1. The Hall–Kier alpha value is -0.226. The fraction of sp³-hybridized carbons (Fsp3) is 0.200. The first-order valence-electron chi connectivity index (χ1n) is 4.21. The molecule has 0 aliphatic rings. The first-order valence-corrected chi connectivity index (χ1v) is 5.00. The monoisotopic (exact) mass is 349 g/mol. The zero-order chi connectivity index (χ0) is 12.6. The molecule has 0 heterocycles. The summed E-state index contributed by atoms with van der Waals surface area (Å²) >= 11 is 10.4. The van der Waals surface area contributed by atoms with Crippen molar-refractivity contribution in [3.8, 4) is 0 Å². The molecule has 7 heteroatoms. The van der Waals surface area contributed by atoms with Crippen LogP contribution in [-0.2, 0) is 54.9 Å². The van der Waals surface area contributed by atoms with Crippen molar-refractivity contribution in [1.82, 2.24) is 0 Å². The molecule has 1 radical (unpaired) electrons. The zero-order valence-corrected chi connectivity index (χ0v) is 13.4. The van der Waals surface area contributed by atoms with Gasteiger partial charge in [0, 0.05) is 44.3 Å². The fourth-order valence-corrected chi connectivity index (χ4v) is 1.00. The molecule has 0 amide bonds. The quantitative estimate of drug-likeness (QED) is 0.668. The van der Waals surface area contributed by atoms with Crippen LogP contribution in [0.25, 0.3) is 0 Å². The van der Waals surface area contributed by atoms with E-state index in [0.29, 0.717) is 16.5 Å². The minimum absolute atomic E-state index is 0. The van der Waals surface area contributed by atoms with Gasteiger partial charge < -0.3 is 27.3 Å². The van der Waals surface area contributed by atoms with Crippen molar-refractivity contribution in [3.05, 3.63) is 28.8 Å². The molecule has 0 saturated carbocycles. The number of carbonyl (C=O) groups excluding carboxylic acids is 1. The summed E-state index contributed by atoms with van der Waals surface area (Å²) < 4.78 is 4.03. The fourth-order valence-electron chi connectivity index (χ4n) is 0.693. The van der Waals surface area contributed by atoms with Crippen LogP contribution in [0.2, 0.25) is 5.02 Å². The maximum absolute atomic E-state index is 10.4. The van der Waals surface area contributed by atoms with Crippen molar-refractivity contribution in [3.63, 3.8) is 0 Å². The summed E-state index contributed by atoms with van der Waals surface area (Å²) in [5.74, 6) is -0.998. The van der Waals surface area contributed by atoms with Crippen molar-refractivity contribution in [1.29, 1.82) is 0 Å². The number of rotatable bonds is 3. The molecule has 0 atom stereocenters. The largest absolute Gasteiger partial charge is 0.778 e. The molecule has 0 saturated heterocycles. The van der Waals surface area contributed by atoms with E-state index in [2.05, 4.69) is 4.74 Å². The molecule has 91 valence electrons. The van der Waals surface area contributed by atoms with E-state index in [-0.39, 0.29) is 38.3 Å². The van der Waals surface area contributed by atoms with Gasteiger partial charge >= 0.3 is 5.97 Å². The summed E-state index contributed by atoms with van der Waals surface area (Å²) in [4.78, 5) is 19.9. The van der Waals surface area contributed by atoms with Crippen LogP contribution in [0.5, 0.6) is 0 Å². The van der Waals surface area contributed by atoms with Crippen LogP contribution in [0.4, 0.5) is 0 Å². The average molecular weight is 350 g/mol. The Morgan fingerprint density at radius 2 is 2.18 bits per heavy atom. The molecule has 1 aromatic rings. The first kappa shape index (κ1) is 19.1. The molecule has 0 spiro atoms. The van der Waals surface area contributed by atoms with Gasteiger partial charge in [0.25, 0.3) is 0 Å². The summed E-state index contributed by atoms with van der Waals surface area (Å²) in [6, 6.07) is 4.27. The predicted molar refractivity (Wildman–Crippen MR) is 61.4 cm³/mol. The third-order valence-electron chi connectivity index (χ3n) is 1.38. The summed E-state index contributed by atoms with van der Waals surface area (Å²) in [6.07, 6.45) is 0. The molecule has 0 bridgehead atoms. The molecule has 1 rings (SSSR count). The van der Waals surface area contributed by atoms with Gasteiger partial charge in [-0.3, -0.25) is 0 Å². The Morgan fingerprint density at radius 1 is 1.59 bits per heavy atom. The molecule has 0 fully saturated rings. The Kier molecular flexibility index (Phi) is 12.3. The van der Waals surface area contributed by atoms with E-state index in [1.807, 2.05) is 0 Å². The Labute approximate surface area is 135 Å². The van der Waals surface area contributed by atoms with E-state index in [4.69, 9.17) is 34.1 Å². The van der Waals surface area contributed by atoms with E-state index in [9.17, 15) is 4.79 Å². The third kappa shape index (κ3) is 8.49. The Morgan fingerprint density at radius 3 is 2.47 bits per heavy atom. The van der Waals surface area contributed by atoms with E-state index in [1.54, 1.807) is 6.92 Å². The topological polar surface area (TPSA) is 63.6 Å². The van der Waals surface area contributed by atoms with Gasteiger partial charge in [-0.25, -0.2) is 4.79 Å². The summed E-state index contributed by atoms with van der Waals surface area (Å²) in [7, 11) is 0. The second-order valence-electron chi connectivity index (χ2n) is 2.47. The van der Waals surface area contributed by atoms with Gasteiger partial charge in [-0.2, -0.15) is 4.90 Å². The molecule has 17 heavy (non-hydrogen) atoms. The molecular weight excluding hydrogens is 341 g/mol. The van der Waals surface area contributed by atoms with Crippen molar-refractivity contribution in [2.24, 2.45) is 0 Å². The van der Waals surface area contributed by atoms with E-state index in [1.165, 1.54) is 24.7 Å². The predicted octanol–water partition coefficient (Wildman–Crippen LogP) is 2.03. The van der Waals surface area contributed by atoms with Gasteiger partial charge in [0.15, 0.2) is 0 Å². The molecule has 0 aliphatic heterocycles. The van der Waals surface area contributed by atoms with Crippen LogP contribution in [0.1, 0.15) is 17.3 Å². The van der Waals surface area contributed by atoms with Crippen molar-refractivity contribution in [2.75, 3.05) is 6.61 Å². The normalized spacial score (nSPS) is 8.12. The second-order valence-corrected chi connectivity index (χ2v) is 3.31. The van der Waals surface area contributed by atoms with Crippen LogP contribution in [-0.4, -0.2) is 24.2 Å². The minimum atomic E-state index is -0.998. The number of ether oxygens (including phenoxy) is 1. The number of carbonyl (C=O) groups is 1. The average Bonchev–Trinajstić information content (AvgIpc) is 2.24. The number of hydrogen-bond donors (Lipinski definition) is 1. The van der Waals surface area contributed by atoms with E-state index >= 15 is 0 Å². The molecule has 1 N–H and O–H groups in total. The summed E-state index contributed by atoms with van der Waals surface area (Å²) in [6.45, 7) is 3.41. The summed E-state index contributed by atoms with van der Waals surface area (Å²) in [5.41, 5.74) is 0.156. The van der Waals surface area contributed by atoms with Crippen LogP contribution in [0.3, 0.4) is 0 Å². The van der Waals surface area contributed by atoms with Gasteiger partial charge in [0.05, 0.1) is 5.56 Å². The molecule has 1 aromatic carbocycles. The second kappa shape index (κ2) is 10.9. The number of aromatic carboxylic acids is 1. The van der Waals surface area contributed by atoms with Gasteiger partial charge in [-0.15, -0.1) is 0 Å². The van der Waals surface area contributed by atoms with Gasteiger partial charge in [-0.05, 0) is 19.1 Å². The first-order chi connectivity index (χ1) is 7.52. The minimum Gasteiger partial charge on any atom is -0.778 e. The number of benzene rings is 1. The SMILES string of the molecule is CCO[C-]=O.O=C(O)c1ccc([S-])c(Cl)c1.[Y]. The number of halogens is 1. The van der Waals surface area contributed by atoms with E-state index in [0.717, 1.165) is 0 Å². The van der Waals surface area contributed by atoms with Crippen molar-refractivity contribution < 1.29 is 52.1 Å². The van der Waals surface area contributed by atoms with Crippen LogP contribution in [0, 0.1) is 0 Å². The molecular formula is C10H9ClO4SY-2. The van der Waals surface area contributed by atoms with Crippen molar-refractivity contribution >= 4 is 36.7 Å². The van der Waals surface area contributed by atoms with E-state index < -0.39 is 5.97 Å². The molecule has 0 aromatic heterocycles. The zero-order valence-electron chi connectivity index (χ0n) is 8.97. The third-order valence-corrected chi connectivity index (χ3v) is 2.16. The van der Waals surface area contributed by atoms with Crippen LogP contribution >= 0.6 is 11.6 Å². The van der Waals surface area contributed by atoms with Crippen LogP contribution in [0.15, 0.2) is 23.1 Å². The smallest absolute Gasteiger partial charge is 0.335 e. The maximum atomic E-state index is 10.4. The number of carboxylic acid groups (broad SMARTS) is 1. The van der Waals surface area contributed by atoms with Crippen LogP contribution < -0.4 is 0 Å². The van der Waals surface area contributed by atoms with Crippen molar-refractivity contribution in [2.45, 2.75) is 11.8 Å². The molecule has 0 aliphatic carbocycles. The number of hydrogen-bond acceptors (Lipinski definition) is 4. The maximum Gasteiger partial charge on any atom is 0.335 e. The summed E-state index contributed by atoms with van der Waals surface area (Å²) in [5, 5.41) is 8.81. The Balaban J connectivity index is 0. The Bertz CT molecular complexity index is 373. The molecule has 0 unspecified atom stereocenters. The van der Waals surface area contributed by atoms with Gasteiger partial charge in [-0.1, -0.05) is 24.1 Å². The molecule has 4 nitrogen and oxygen atoms in total.